The Morgan fingerprint density at radius 1 is 0.783 bits per heavy atom. The lowest BCUT2D eigenvalue weighted by Gasteiger charge is -1.98. The van der Waals surface area contributed by atoms with Gasteiger partial charge in [0.25, 0.3) is 0 Å². The Morgan fingerprint density at radius 2 is 1.43 bits per heavy atom. The van der Waals surface area contributed by atoms with E-state index in [1.807, 2.05) is 48.6 Å². The third kappa shape index (κ3) is 9.67. The van der Waals surface area contributed by atoms with Crippen LogP contribution in [0.25, 0.3) is 6.08 Å². The molecule has 0 saturated heterocycles. The first kappa shape index (κ1) is 19.2. The van der Waals surface area contributed by atoms with Crippen molar-refractivity contribution < 1.29 is 4.79 Å². The molecular weight excluding hydrogens is 280 g/mol. The summed E-state index contributed by atoms with van der Waals surface area (Å²) in [5.41, 5.74) is 1.69. The Balaban J connectivity index is 2.13. The molecule has 0 aliphatic carbocycles. The van der Waals surface area contributed by atoms with Crippen LogP contribution in [0.15, 0.2) is 54.6 Å². The molecule has 0 unspecified atom stereocenters. The van der Waals surface area contributed by atoms with Crippen molar-refractivity contribution in [2.75, 3.05) is 0 Å². The van der Waals surface area contributed by atoms with E-state index in [0.29, 0.717) is 0 Å². The maximum atomic E-state index is 10.9. The molecule has 0 aliphatic rings. The molecule has 0 spiro atoms. The van der Waals surface area contributed by atoms with Crippen molar-refractivity contribution >= 4 is 12.4 Å². The van der Waals surface area contributed by atoms with Gasteiger partial charge in [0.05, 0.1) is 0 Å². The number of carbonyl (C=O) groups is 1. The maximum absolute atomic E-state index is 10.9. The highest BCUT2D eigenvalue weighted by atomic mass is 16.1. The predicted molar refractivity (Wildman–Crippen MR) is 102 cm³/mol. The van der Waals surface area contributed by atoms with Gasteiger partial charge in [-0.25, -0.2) is 0 Å². The van der Waals surface area contributed by atoms with Crippen molar-refractivity contribution in [3.8, 4) is 0 Å². The van der Waals surface area contributed by atoms with E-state index in [9.17, 15) is 4.79 Å². The Kier molecular flexibility index (Phi) is 11.5. The molecule has 0 aliphatic heterocycles. The van der Waals surface area contributed by atoms with Crippen LogP contribution in [0.5, 0.6) is 0 Å². The largest absolute Gasteiger partial charge is 0.298 e. The first-order valence-electron chi connectivity index (χ1n) is 8.92. The predicted octanol–water partition coefficient (Wildman–Crippen LogP) is 6.77. The van der Waals surface area contributed by atoms with Crippen LogP contribution in [-0.4, -0.2) is 6.29 Å². The van der Waals surface area contributed by atoms with Gasteiger partial charge in [-0.05, 0) is 18.4 Å². The molecule has 0 atom stereocenters. The summed E-state index contributed by atoms with van der Waals surface area (Å²) in [6.07, 6.45) is 23.9. The summed E-state index contributed by atoms with van der Waals surface area (Å²) in [6.45, 7) is 2.26. The summed E-state index contributed by atoms with van der Waals surface area (Å²) < 4.78 is 0. The van der Waals surface area contributed by atoms with Crippen LogP contribution in [0.2, 0.25) is 0 Å². The van der Waals surface area contributed by atoms with Gasteiger partial charge < -0.3 is 0 Å². The van der Waals surface area contributed by atoms with Crippen LogP contribution in [0, 0.1) is 0 Å². The summed E-state index contributed by atoms with van der Waals surface area (Å²) in [6, 6.07) is 7.60. The second-order valence-corrected chi connectivity index (χ2v) is 5.83. The highest BCUT2D eigenvalue weighted by Crippen LogP contribution is 2.09. The molecule has 0 aromatic heterocycles. The van der Waals surface area contributed by atoms with Crippen molar-refractivity contribution in [2.45, 2.75) is 58.3 Å². The molecule has 1 rings (SSSR count). The van der Waals surface area contributed by atoms with E-state index in [1.54, 1.807) is 0 Å². The fourth-order valence-electron chi connectivity index (χ4n) is 2.45. The normalized spacial score (nSPS) is 11.9. The monoisotopic (exact) mass is 310 g/mol. The summed E-state index contributed by atoms with van der Waals surface area (Å²) in [5.74, 6) is 0. The molecule has 23 heavy (non-hydrogen) atoms. The van der Waals surface area contributed by atoms with E-state index < -0.39 is 0 Å². The molecule has 1 nitrogen and oxygen atoms in total. The zero-order valence-electron chi connectivity index (χ0n) is 14.4. The average molecular weight is 310 g/mol. The summed E-state index contributed by atoms with van der Waals surface area (Å²) in [7, 11) is 0. The number of aldehydes is 1. The van der Waals surface area contributed by atoms with Crippen molar-refractivity contribution in [2.24, 2.45) is 0 Å². The number of hydrogen-bond donors (Lipinski definition) is 0. The van der Waals surface area contributed by atoms with Crippen LogP contribution < -0.4 is 0 Å². The third-order valence-electron chi connectivity index (χ3n) is 3.84. The van der Waals surface area contributed by atoms with Crippen molar-refractivity contribution in [1.29, 1.82) is 0 Å². The van der Waals surface area contributed by atoms with Gasteiger partial charge in [-0.3, -0.25) is 4.79 Å². The van der Waals surface area contributed by atoms with Crippen LogP contribution in [-0.2, 0) is 0 Å². The molecular formula is C22H30O. The smallest absolute Gasteiger partial charge is 0.150 e. The topological polar surface area (TPSA) is 17.1 Å². The Morgan fingerprint density at radius 3 is 2.17 bits per heavy atom. The minimum Gasteiger partial charge on any atom is -0.298 e. The van der Waals surface area contributed by atoms with E-state index in [2.05, 4.69) is 19.1 Å². The van der Waals surface area contributed by atoms with Gasteiger partial charge in [0.1, 0.15) is 0 Å². The molecule has 1 heteroatoms. The number of carbonyl (C=O) groups excluding carboxylic acids is 1. The second kappa shape index (κ2) is 13.8. The van der Waals surface area contributed by atoms with E-state index in [0.717, 1.165) is 23.8 Å². The average Bonchev–Trinajstić information content (AvgIpc) is 2.59. The van der Waals surface area contributed by atoms with Crippen LogP contribution in [0.1, 0.15) is 74.2 Å². The molecule has 0 fully saturated rings. The van der Waals surface area contributed by atoms with Gasteiger partial charge >= 0.3 is 0 Å². The molecule has 0 heterocycles. The van der Waals surface area contributed by atoms with Crippen molar-refractivity contribution in [1.82, 2.24) is 0 Å². The Hall–Kier alpha value is -1.89. The molecule has 1 aromatic rings. The molecule has 0 N–H and O–H groups in total. The quantitative estimate of drug-likeness (QED) is 0.237. The lowest BCUT2D eigenvalue weighted by atomic mass is 10.1. The number of rotatable bonds is 12. The molecule has 1 aromatic carbocycles. The van der Waals surface area contributed by atoms with Crippen LogP contribution >= 0.6 is 0 Å². The van der Waals surface area contributed by atoms with Gasteiger partial charge in [0.2, 0.25) is 0 Å². The fraction of sp³-hybridized carbons (Fsp3) is 0.409. The third-order valence-corrected chi connectivity index (χ3v) is 3.84. The van der Waals surface area contributed by atoms with Gasteiger partial charge in [-0.15, -0.1) is 0 Å². The minimum atomic E-state index is 0.728. The minimum absolute atomic E-state index is 0.728. The zero-order chi connectivity index (χ0) is 16.6. The Labute approximate surface area is 141 Å². The molecule has 0 amide bonds. The van der Waals surface area contributed by atoms with Crippen LogP contribution in [0.3, 0.4) is 0 Å². The first-order valence-corrected chi connectivity index (χ1v) is 8.92. The molecule has 0 radical (unpaired) electrons. The summed E-state index contributed by atoms with van der Waals surface area (Å²) in [4.78, 5) is 10.9. The van der Waals surface area contributed by atoms with Gasteiger partial charge in [0, 0.05) is 5.56 Å². The maximum Gasteiger partial charge on any atom is 0.150 e. The zero-order valence-corrected chi connectivity index (χ0v) is 14.4. The van der Waals surface area contributed by atoms with Crippen LogP contribution in [0.4, 0.5) is 0 Å². The number of unbranched alkanes of at least 4 members (excludes halogenated alkanes) is 7. The fourth-order valence-corrected chi connectivity index (χ4v) is 2.45. The number of hydrogen-bond acceptors (Lipinski definition) is 1. The SMILES string of the molecule is CCCCCCCCCC=CC=CC=Cc1ccccc1C=O. The van der Waals surface area contributed by atoms with Gasteiger partial charge in [-0.1, -0.05) is 106 Å². The highest BCUT2D eigenvalue weighted by molar-refractivity contribution is 5.81. The molecule has 124 valence electrons. The standard InChI is InChI=1S/C22H30O/c1-2-3-4-5-6-7-8-9-10-11-12-13-14-17-21-18-15-16-19-22(21)20-23/h10-20H,2-9H2,1H3. The van der Waals surface area contributed by atoms with Crippen molar-refractivity contribution in [3.05, 3.63) is 65.8 Å². The summed E-state index contributed by atoms with van der Waals surface area (Å²) in [5, 5.41) is 0. The Bertz CT molecular complexity index is 508. The highest BCUT2D eigenvalue weighted by Gasteiger charge is 1.93. The summed E-state index contributed by atoms with van der Waals surface area (Å²) >= 11 is 0. The number of benzene rings is 1. The molecule has 0 bridgehead atoms. The van der Waals surface area contributed by atoms with E-state index in [4.69, 9.17) is 0 Å². The first-order chi connectivity index (χ1) is 11.4. The van der Waals surface area contributed by atoms with E-state index >= 15 is 0 Å². The lowest BCUT2D eigenvalue weighted by Crippen LogP contribution is -1.83. The van der Waals surface area contributed by atoms with E-state index in [-0.39, 0.29) is 0 Å². The molecule has 0 saturated carbocycles. The lowest BCUT2D eigenvalue weighted by molar-refractivity contribution is 0.112. The van der Waals surface area contributed by atoms with Gasteiger partial charge in [0.15, 0.2) is 6.29 Å². The van der Waals surface area contributed by atoms with E-state index in [1.165, 1.54) is 44.9 Å². The van der Waals surface area contributed by atoms with Crippen molar-refractivity contribution in [3.63, 3.8) is 0 Å². The number of allylic oxidation sites excluding steroid dienone is 5. The van der Waals surface area contributed by atoms with Gasteiger partial charge in [-0.2, -0.15) is 0 Å². The second-order valence-electron chi connectivity index (χ2n) is 5.83.